The van der Waals surface area contributed by atoms with E-state index in [1.807, 2.05) is 24.3 Å². The van der Waals surface area contributed by atoms with Crippen molar-refractivity contribution in [2.24, 2.45) is 5.92 Å². The van der Waals surface area contributed by atoms with Crippen LogP contribution in [0.15, 0.2) is 47.8 Å². The average Bonchev–Trinajstić information content (AvgIpc) is 3.49. The van der Waals surface area contributed by atoms with Gasteiger partial charge in [0.05, 0.1) is 11.9 Å². The number of likely N-dealkylation sites (tertiary alicyclic amines) is 2. The molecule has 0 saturated carbocycles. The van der Waals surface area contributed by atoms with Crippen molar-refractivity contribution in [3.8, 4) is 5.88 Å². The SMILES string of the molecule is CC(Sc1nn[nH]n1)C1CCN(C(=O)Oc2ccc(NC(=O)c3ccc(CN4CCCCC4C)cc3)cn2)CC1. The van der Waals surface area contributed by atoms with Crippen LogP contribution in [0.4, 0.5) is 10.5 Å². The summed E-state index contributed by atoms with van der Waals surface area (Å²) in [6.45, 7) is 7.70. The standard InChI is InChI=1S/C28H36N8O3S/c1-19-5-3-4-14-36(19)18-21-6-8-23(9-7-21)26(37)30-24-10-11-25(29-17-24)39-28(38)35-15-12-22(13-16-35)20(2)40-27-31-33-34-32-27/h6-11,17,19-20,22H,3-5,12-16,18H2,1-2H3,(H,30,37)(H,31,32,33,34). The van der Waals surface area contributed by atoms with Crippen LogP contribution >= 0.6 is 11.8 Å². The van der Waals surface area contributed by atoms with Crippen LogP contribution in [0.25, 0.3) is 0 Å². The smallest absolute Gasteiger partial charge is 0.391 e. The van der Waals surface area contributed by atoms with Crippen LogP contribution in [0.5, 0.6) is 5.88 Å². The van der Waals surface area contributed by atoms with E-state index >= 15 is 0 Å². The molecule has 2 amide bonds. The summed E-state index contributed by atoms with van der Waals surface area (Å²) in [6, 6.07) is 11.6. The number of hydrogen-bond donors (Lipinski definition) is 2. The quantitative estimate of drug-likeness (QED) is 0.377. The highest BCUT2D eigenvalue weighted by Gasteiger charge is 2.28. The molecule has 2 saturated heterocycles. The summed E-state index contributed by atoms with van der Waals surface area (Å²) in [7, 11) is 0. The highest BCUT2D eigenvalue weighted by molar-refractivity contribution is 7.99. The molecule has 12 heteroatoms. The number of aromatic nitrogens is 5. The molecule has 0 aliphatic carbocycles. The van der Waals surface area contributed by atoms with E-state index in [2.05, 4.69) is 49.7 Å². The summed E-state index contributed by atoms with van der Waals surface area (Å²) >= 11 is 1.59. The first-order chi connectivity index (χ1) is 19.4. The van der Waals surface area contributed by atoms with Gasteiger partial charge in [-0.2, -0.15) is 5.21 Å². The van der Waals surface area contributed by atoms with Gasteiger partial charge in [-0.15, -0.1) is 10.2 Å². The number of nitrogens with zero attached hydrogens (tertiary/aromatic N) is 6. The van der Waals surface area contributed by atoms with Gasteiger partial charge in [0, 0.05) is 42.6 Å². The largest absolute Gasteiger partial charge is 0.416 e. The normalized spacial score (nSPS) is 19.2. The van der Waals surface area contributed by atoms with Gasteiger partial charge in [0.2, 0.25) is 11.0 Å². The molecule has 3 aromatic rings. The summed E-state index contributed by atoms with van der Waals surface area (Å²) in [4.78, 5) is 33.8. The van der Waals surface area contributed by atoms with Crippen LogP contribution in [-0.4, -0.2) is 78.3 Å². The number of ether oxygens (including phenoxy) is 1. The number of carbonyl (C=O) groups is 2. The van der Waals surface area contributed by atoms with Gasteiger partial charge in [0.1, 0.15) is 0 Å². The number of rotatable bonds is 8. The zero-order valence-electron chi connectivity index (χ0n) is 23.0. The Balaban J connectivity index is 1.06. The van der Waals surface area contributed by atoms with Gasteiger partial charge >= 0.3 is 6.09 Å². The van der Waals surface area contributed by atoms with Gasteiger partial charge in [-0.1, -0.05) is 37.2 Å². The lowest BCUT2D eigenvalue weighted by Gasteiger charge is -2.33. The Morgan fingerprint density at radius 2 is 1.90 bits per heavy atom. The Morgan fingerprint density at radius 1 is 1.10 bits per heavy atom. The molecule has 1 aromatic carbocycles. The monoisotopic (exact) mass is 564 g/mol. The molecule has 2 aliphatic heterocycles. The lowest BCUT2D eigenvalue weighted by molar-refractivity contribution is 0.102. The number of H-pyrrole nitrogens is 1. The average molecular weight is 565 g/mol. The molecule has 5 rings (SSSR count). The predicted molar refractivity (Wildman–Crippen MR) is 152 cm³/mol. The van der Waals surface area contributed by atoms with E-state index in [0.717, 1.165) is 25.9 Å². The number of hydrogen-bond acceptors (Lipinski definition) is 9. The number of tetrazole rings is 1. The summed E-state index contributed by atoms with van der Waals surface area (Å²) < 4.78 is 5.48. The number of aromatic amines is 1. The third-order valence-corrected chi connectivity index (χ3v) is 8.95. The lowest BCUT2D eigenvalue weighted by Crippen LogP contribution is -2.41. The molecular formula is C28H36N8O3S. The summed E-state index contributed by atoms with van der Waals surface area (Å²) in [5, 5.41) is 17.9. The Morgan fingerprint density at radius 3 is 2.58 bits per heavy atom. The number of carbonyl (C=O) groups excluding carboxylic acids is 2. The first-order valence-corrected chi connectivity index (χ1v) is 14.8. The minimum Gasteiger partial charge on any atom is -0.391 e. The van der Waals surface area contributed by atoms with Gasteiger partial charge in [0.25, 0.3) is 5.91 Å². The number of nitrogens with one attached hydrogen (secondary N) is 2. The molecule has 2 aromatic heterocycles. The van der Waals surface area contributed by atoms with E-state index in [1.54, 1.807) is 28.8 Å². The number of thioether (sulfide) groups is 1. The minimum atomic E-state index is -0.416. The molecule has 2 fully saturated rings. The molecule has 40 heavy (non-hydrogen) atoms. The van der Waals surface area contributed by atoms with Crippen LogP contribution in [0.3, 0.4) is 0 Å². The van der Waals surface area contributed by atoms with Gasteiger partial charge in [-0.25, -0.2) is 9.78 Å². The summed E-state index contributed by atoms with van der Waals surface area (Å²) in [6.07, 6.45) is 6.62. The fourth-order valence-corrected chi connectivity index (χ4v) is 6.26. The number of benzene rings is 1. The van der Waals surface area contributed by atoms with Gasteiger partial charge in [-0.3, -0.25) is 9.69 Å². The first-order valence-electron chi connectivity index (χ1n) is 13.9. The minimum absolute atomic E-state index is 0.197. The highest BCUT2D eigenvalue weighted by atomic mass is 32.2. The van der Waals surface area contributed by atoms with E-state index in [0.29, 0.717) is 46.7 Å². The fraction of sp³-hybridized carbons (Fsp3) is 0.500. The zero-order valence-corrected chi connectivity index (χ0v) is 23.8. The van der Waals surface area contributed by atoms with Crippen molar-refractivity contribution >= 4 is 29.4 Å². The maximum atomic E-state index is 12.7. The number of anilines is 1. The second-order valence-electron chi connectivity index (χ2n) is 10.6. The van der Waals surface area contributed by atoms with Gasteiger partial charge in [0.15, 0.2) is 0 Å². The second kappa shape index (κ2) is 13.2. The van der Waals surface area contributed by atoms with Crippen molar-refractivity contribution in [2.45, 2.75) is 68.9 Å². The number of amides is 2. The van der Waals surface area contributed by atoms with Crippen molar-refractivity contribution in [3.05, 3.63) is 53.7 Å². The van der Waals surface area contributed by atoms with E-state index < -0.39 is 6.09 Å². The van der Waals surface area contributed by atoms with Crippen molar-refractivity contribution in [1.82, 2.24) is 35.4 Å². The molecule has 2 atom stereocenters. The Labute approximate surface area is 238 Å². The number of piperidine rings is 2. The van der Waals surface area contributed by atoms with Crippen LogP contribution in [0, 0.1) is 5.92 Å². The summed E-state index contributed by atoms with van der Waals surface area (Å²) in [5.41, 5.74) is 2.32. The molecule has 2 unspecified atom stereocenters. The summed E-state index contributed by atoms with van der Waals surface area (Å²) in [5.74, 6) is 0.435. The van der Waals surface area contributed by atoms with Crippen LogP contribution in [-0.2, 0) is 6.54 Å². The zero-order chi connectivity index (χ0) is 27.9. The van der Waals surface area contributed by atoms with E-state index in [4.69, 9.17) is 4.74 Å². The Bertz CT molecular complexity index is 1250. The van der Waals surface area contributed by atoms with Crippen LogP contribution in [0.2, 0.25) is 0 Å². The molecule has 0 bridgehead atoms. The second-order valence-corrected chi connectivity index (χ2v) is 11.9. The van der Waals surface area contributed by atoms with Gasteiger partial charge < -0.3 is 15.0 Å². The topological polar surface area (TPSA) is 129 Å². The molecular weight excluding hydrogens is 528 g/mol. The lowest BCUT2D eigenvalue weighted by atomic mass is 9.94. The molecule has 212 valence electrons. The van der Waals surface area contributed by atoms with E-state index in [1.165, 1.54) is 31.0 Å². The molecule has 2 aliphatic rings. The Hall–Kier alpha value is -3.51. The maximum Gasteiger partial charge on any atom is 0.416 e. The Kier molecular flexibility index (Phi) is 9.27. The first kappa shape index (κ1) is 28.0. The molecule has 11 nitrogen and oxygen atoms in total. The third kappa shape index (κ3) is 7.36. The molecule has 0 spiro atoms. The third-order valence-electron chi connectivity index (χ3n) is 7.81. The van der Waals surface area contributed by atoms with Crippen LogP contribution < -0.4 is 10.1 Å². The van der Waals surface area contributed by atoms with E-state index in [9.17, 15) is 9.59 Å². The molecule has 0 radical (unpaired) electrons. The molecule has 4 heterocycles. The maximum absolute atomic E-state index is 12.7. The van der Waals surface area contributed by atoms with E-state index in [-0.39, 0.29) is 11.8 Å². The van der Waals surface area contributed by atoms with Crippen LogP contribution in [0.1, 0.15) is 61.9 Å². The van der Waals surface area contributed by atoms with Crippen molar-refractivity contribution in [2.75, 3.05) is 25.0 Å². The highest BCUT2D eigenvalue weighted by Crippen LogP contribution is 2.31. The van der Waals surface area contributed by atoms with Crippen molar-refractivity contribution in [1.29, 1.82) is 0 Å². The van der Waals surface area contributed by atoms with Crippen molar-refractivity contribution < 1.29 is 14.3 Å². The predicted octanol–water partition coefficient (Wildman–Crippen LogP) is 4.61. The molecule has 2 N–H and O–H groups in total. The van der Waals surface area contributed by atoms with Gasteiger partial charge in [-0.05, 0) is 74.0 Å². The van der Waals surface area contributed by atoms with Crippen molar-refractivity contribution in [3.63, 3.8) is 0 Å². The fourth-order valence-electron chi connectivity index (χ4n) is 5.28. The number of pyridine rings is 1.